The van der Waals surface area contributed by atoms with Crippen molar-refractivity contribution in [2.24, 2.45) is 0 Å². The maximum Gasteiger partial charge on any atom is 0.472 e. The molecule has 2 atom stereocenters. The second kappa shape index (κ2) is 71.7. The van der Waals surface area contributed by atoms with Gasteiger partial charge in [0.1, 0.15) is 19.8 Å². The van der Waals surface area contributed by atoms with Crippen LogP contribution in [0.4, 0.5) is 0 Å². The predicted octanol–water partition coefficient (Wildman–Crippen LogP) is 25.4. The number of hydrogen-bond acceptors (Lipinski definition) is 7. The highest BCUT2D eigenvalue weighted by Crippen LogP contribution is 2.43. The van der Waals surface area contributed by atoms with Gasteiger partial charge in [-0.25, -0.2) is 4.57 Å². The van der Waals surface area contributed by atoms with Crippen LogP contribution in [0.2, 0.25) is 0 Å². The van der Waals surface area contributed by atoms with E-state index in [4.69, 9.17) is 18.5 Å². The molecule has 0 aliphatic carbocycles. The lowest BCUT2D eigenvalue weighted by atomic mass is 10.0. The highest BCUT2D eigenvalue weighted by Gasteiger charge is 2.27. The van der Waals surface area contributed by atoms with Crippen LogP contribution in [-0.4, -0.2) is 74.9 Å². The van der Waals surface area contributed by atoms with Gasteiger partial charge in [0.2, 0.25) is 0 Å². The third kappa shape index (κ3) is 75.4. The molecular weight excluding hydrogens is 1160 g/mol. The summed E-state index contributed by atoms with van der Waals surface area (Å²) in [6.07, 6.45) is 103. The van der Waals surface area contributed by atoms with Crippen molar-refractivity contribution < 1.29 is 42.1 Å². The summed E-state index contributed by atoms with van der Waals surface area (Å²) in [6.45, 7) is 4.34. The Balaban J connectivity index is 4.07. The Kier molecular flexibility index (Phi) is 68.9. The van der Waals surface area contributed by atoms with Crippen molar-refractivity contribution in [3.63, 3.8) is 0 Å². The molecule has 0 aromatic rings. The van der Waals surface area contributed by atoms with Crippen molar-refractivity contribution >= 4 is 19.8 Å². The molecule has 530 valence electrons. The van der Waals surface area contributed by atoms with E-state index in [1.54, 1.807) is 0 Å². The Morgan fingerprint density at radius 1 is 0.348 bits per heavy atom. The Morgan fingerprint density at radius 3 is 0.924 bits per heavy atom. The summed E-state index contributed by atoms with van der Waals surface area (Å²) in [5.74, 6) is -0.808. The lowest BCUT2D eigenvalue weighted by Crippen LogP contribution is -2.37. The SMILES string of the molecule is CC/C=C\C/C=C\C/C=C\C/C=C\C/C=C\C/C=C\C/C=C\C/C=C\C/C=C\C/C=C\CCCCCCCCC(=O)OC(COC(=O)CCCCCCCCCCCCCCCCCCCCCCCCCCCCCCCCC)COP(=O)(O)OCC[N+](C)(C)C. The molecule has 0 radical (unpaired) electrons. The van der Waals surface area contributed by atoms with Crippen molar-refractivity contribution in [1.29, 1.82) is 0 Å². The van der Waals surface area contributed by atoms with E-state index in [1.807, 2.05) is 21.1 Å². The molecule has 9 nitrogen and oxygen atoms in total. The first-order valence-corrected chi connectivity index (χ1v) is 39.8. The number of rotatable bonds is 70. The number of nitrogens with zero attached hydrogens (tertiary/aromatic N) is 1. The number of esters is 2. The van der Waals surface area contributed by atoms with E-state index in [9.17, 15) is 19.0 Å². The molecule has 92 heavy (non-hydrogen) atoms. The van der Waals surface area contributed by atoms with E-state index >= 15 is 0 Å². The van der Waals surface area contributed by atoms with Gasteiger partial charge in [0.15, 0.2) is 6.10 Å². The highest BCUT2D eigenvalue weighted by atomic mass is 31.2. The summed E-state index contributed by atoms with van der Waals surface area (Å²) in [4.78, 5) is 35.9. The van der Waals surface area contributed by atoms with Crippen molar-refractivity contribution in [2.45, 2.75) is 341 Å². The third-order valence-electron chi connectivity index (χ3n) is 16.5. The number of likely N-dealkylation sites (N-methyl/N-ethyl adjacent to an activating group) is 1. The summed E-state index contributed by atoms with van der Waals surface area (Å²) in [5.41, 5.74) is 0. The van der Waals surface area contributed by atoms with E-state index in [1.165, 1.54) is 180 Å². The topological polar surface area (TPSA) is 108 Å². The summed E-state index contributed by atoms with van der Waals surface area (Å²) in [6, 6.07) is 0. The second-order valence-electron chi connectivity index (χ2n) is 26.7. The minimum Gasteiger partial charge on any atom is -0.462 e. The first kappa shape index (κ1) is 88.4. The quantitative estimate of drug-likeness (QED) is 0.0211. The Labute approximate surface area is 568 Å². The van der Waals surface area contributed by atoms with Gasteiger partial charge < -0.3 is 18.9 Å². The van der Waals surface area contributed by atoms with Crippen molar-refractivity contribution in [1.82, 2.24) is 0 Å². The van der Waals surface area contributed by atoms with Gasteiger partial charge in [-0.15, -0.1) is 0 Å². The fourth-order valence-corrected chi connectivity index (χ4v) is 11.4. The third-order valence-corrected chi connectivity index (χ3v) is 17.5. The minimum atomic E-state index is -4.41. The van der Waals surface area contributed by atoms with Gasteiger partial charge in [-0.3, -0.25) is 18.6 Å². The summed E-state index contributed by atoms with van der Waals surface area (Å²) in [7, 11) is 1.46. The molecule has 0 spiro atoms. The van der Waals surface area contributed by atoms with Crippen LogP contribution in [0.15, 0.2) is 122 Å². The average Bonchev–Trinajstić information content (AvgIpc) is 2.34. The van der Waals surface area contributed by atoms with Crippen molar-refractivity contribution in [3.8, 4) is 0 Å². The number of carbonyl (C=O) groups excluding carboxylic acids is 2. The Bertz CT molecular complexity index is 1970. The van der Waals surface area contributed by atoms with Gasteiger partial charge in [0, 0.05) is 12.8 Å². The number of carbonyl (C=O) groups is 2. The number of phosphoric acid groups is 1. The molecule has 0 fully saturated rings. The Morgan fingerprint density at radius 2 is 0.620 bits per heavy atom. The van der Waals surface area contributed by atoms with Crippen LogP contribution < -0.4 is 0 Å². The first-order valence-electron chi connectivity index (χ1n) is 38.3. The van der Waals surface area contributed by atoms with E-state index in [0.29, 0.717) is 17.4 Å². The van der Waals surface area contributed by atoms with Gasteiger partial charge in [-0.2, -0.15) is 0 Å². The summed E-state index contributed by atoms with van der Waals surface area (Å²) in [5, 5.41) is 0. The van der Waals surface area contributed by atoms with Crippen LogP contribution in [0, 0.1) is 0 Å². The molecule has 0 aliphatic heterocycles. The monoisotopic (exact) mass is 1300 g/mol. The molecule has 0 aliphatic rings. The van der Waals surface area contributed by atoms with E-state index in [-0.39, 0.29) is 32.0 Å². The predicted molar refractivity (Wildman–Crippen MR) is 399 cm³/mol. The first-order chi connectivity index (χ1) is 45.0. The van der Waals surface area contributed by atoms with Gasteiger partial charge in [0.05, 0.1) is 27.7 Å². The fraction of sp³-hybridized carbons (Fsp3) is 0.732. The molecule has 0 bridgehead atoms. The number of hydrogen-bond donors (Lipinski definition) is 1. The van der Waals surface area contributed by atoms with Crippen molar-refractivity contribution in [3.05, 3.63) is 122 Å². The van der Waals surface area contributed by atoms with Crippen LogP contribution >= 0.6 is 7.82 Å². The molecule has 0 amide bonds. The average molecular weight is 1300 g/mol. The molecule has 0 saturated heterocycles. The van der Waals surface area contributed by atoms with Crippen LogP contribution in [0.5, 0.6) is 0 Å². The van der Waals surface area contributed by atoms with Crippen LogP contribution in [-0.2, 0) is 32.7 Å². The van der Waals surface area contributed by atoms with Gasteiger partial charge >= 0.3 is 19.8 Å². The molecule has 0 aromatic carbocycles. The van der Waals surface area contributed by atoms with Crippen LogP contribution in [0.25, 0.3) is 0 Å². The molecule has 0 aromatic heterocycles. The summed E-state index contributed by atoms with van der Waals surface area (Å²) >= 11 is 0. The Hall–Kier alpha value is -3.59. The molecule has 0 heterocycles. The number of quaternary nitrogens is 1. The number of allylic oxidation sites excluding steroid dienone is 20. The van der Waals surface area contributed by atoms with Gasteiger partial charge in [-0.05, 0) is 89.9 Å². The zero-order valence-electron chi connectivity index (χ0n) is 60.5. The molecule has 1 N–H and O–H groups in total. The molecule has 2 unspecified atom stereocenters. The number of phosphoric ester groups is 1. The van der Waals surface area contributed by atoms with Crippen molar-refractivity contribution in [2.75, 3.05) is 47.5 Å². The van der Waals surface area contributed by atoms with Crippen LogP contribution in [0.1, 0.15) is 335 Å². The van der Waals surface area contributed by atoms with E-state index in [2.05, 4.69) is 135 Å². The lowest BCUT2D eigenvalue weighted by molar-refractivity contribution is -0.870. The molecule has 10 heteroatoms. The maximum absolute atomic E-state index is 12.9. The van der Waals surface area contributed by atoms with E-state index < -0.39 is 26.5 Å². The molecule has 0 saturated carbocycles. The minimum absolute atomic E-state index is 0.0244. The largest absolute Gasteiger partial charge is 0.472 e. The number of ether oxygens (including phenoxy) is 2. The molecule has 0 rings (SSSR count). The summed E-state index contributed by atoms with van der Waals surface area (Å²) < 4.78 is 34.8. The normalized spacial score (nSPS) is 13.8. The lowest BCUT2D eigenvalue weighted by Gasteiger charge is -2.24. The molecular formula is C82H145NO8P+. The zero-order valence-corrected chi connectivity index (χ0v) is 61.4. The number of unbranched alkanes of at least 4 members (excludes halogenated alkanes) is 36. The highest BCUT2D eigenvalue weighted by molar-refractivity contribution is 7.47. The standard InChI is InChI=1S/C82H144NO8P/c1-6-8-10-12-14-16-18-20-22-24-26-28-30-32-34-36-38-39-40-41-42-43-45-47-49-51-53-55-57-59-61-63-65-67-69-71-73-75-82(85)91-80(79-90-92(86,87)89-77-76-83(3,4)5)78-88-81(84)74-72-70-68-66-64-62-60-58-56-54-52-50-48-46-44-37-35-33-31-29-27-25-23-21-19-17-15-13-11-9-7-2/h8,10,14,16,20,22,26,28,32,34,38-39,41-42,45,47,51,53,57,59,80H,6-7,9,11-13,15,17-19,21,23-25,27,29-31,33,35-37,40,43-44,46,48-50,52,54-56,58,60-79H2,1-5H3/p+1/b10-8-,16-14-,22-20-,28-26-,34-32-,39-38-,42-41-,47-45-,53-51-,59-57-. The van der Waals surface area contributed by atoms with Gasteiger partial charge in [0.25, 0.3) is 0 Å². The van der Waals surface area contributed by atoms with Gasteiger partial charge in [-0.1, -0.05) is 354 Å². The van der Waals surface area contributed by atoms with Crippen LogP contribution in [0.3, 0.4) is 0 Å². The maximum atomic E-state index is 12.9. The van der Waals surface area contributed by atoms with E-state index in [0.717, 1.165) is 122 Å². The fourth-order valence-electron chi connectivity index (χ4n) is 10.7. The second-order valence-corrected chi connectivity index (χ2v) is 28.1. The zero-order chi connectivity index (χ0) is 66.9. The smallest absolute Gasteiger partial charge is 0.462 e.